The van der Waals surface area contributed by atoms with Crippen molar-refractivity contribution < 1.29 is 14.6 Å². The van der Waals surface area contributed by atoms with E-state index in [0.717, 1.165) is 48.1 Å². The molecular weight excluding hydrogens is 372 g/mol. The van der Waals surface area contributed by atoms with Crippen LogP contribution < -0.4 is 4.74 Å². The van der Waals surface area contributed by atoms with E-state index >= 15 is 0 Å². The fraction of sp³-hybridized carbons (Fsp3) is 0.222. The number of benzene rings is 2. The van der Waals surface area contributed by atoms with Crippen LogP contribution in [0.3, 0.4) is 0 Å². The summed E-state index contributed by atoms with van der Waals surface area (Å²) in [4.78, 5) is 12.2. The first-order valence-corrected chi connectivity index (χ1v) is 10.4. The maximum absolute atomic E-state index is 12.2. The standard InChI is InChI=1S/C27H28O3/c1-30-25-17-15-23(16-18-25)26(28)11-7-3-6-10-22-12-14-24(20-22)27(29)19-13-21-8-4-2-5-9-21/h2,4-5,8-9,12-20,29H,3,6-7,10-11H2,1H3. The molecule has 3 nitrogen and oxygen atoms in total. The summed E-state index contributed by atoms with van der Waals surface area (Å²) in [6.07, 6.45) is 14.1. The van der Waals surface area contributed by atoms with E-state index in [0.29, 0.717) is 6.42 Å². The number of unbranched alkanes of at least 4 members (excludes halogenated alkanes) is 2. The summed E-state index contributed by atoms with van der Waals surface area (Å²) in [6, 6.07) is 17.2. The molecule has 0 fully saturated rings. The minimum absolute atomic E-state index is 0.179. The van der Waals surface area contributed by atoms with E-state index in [4.69, 9.17) is 4.74 Å². The van der Waals surface area contributed by atoms with Gasteiger partial charge in [0.05, 0.1) is 7.11 Å². The van der Waals surface area contributed by atoms with Crippen LogP contribution in [0.2, 0.25) is 0 Å². The quantitative estimate of drug-likeness (QED) is 0.269. The molecule has 0 amide bonds. The van der Waals surface area contributed by atoms with Gasteiger partial charge < -0.3 is 9.84 Å². The third-order valence-electron chi connectivity index (χ3n) is 5.13. The topological polar surface area (TPSA) is 46.5 Å². The van der Waals surface area contributed by atoms with E-state index in [9.17, 15) is 9.90 Å². The second-order valence-electron chi connectivity index (χ2n) is 7.35. The zero-order valence-corrected chi connectivity index (χ0v) is 17.4. The Hall–Kier alpha value is -3.33. The minimum Gasteiger partial charge on any atom is -0.507 e. The summed E-state index contributed by atoms with van der Waals surface area (Å²) < 4.78 is 5.12. The van der Waals surface area contributed by atoms with Crippen molar-refractivity contribution >= 4 is 11.9 Å². The van der Waals surface area contributed by atoms with E-state index in [1.54, 1.807) is 13.2 Å². The van der Waals surface area contributed by atoms with Gasteiger partial charge in [0.25, 0.3) is 0 Å². The van der Waals surface area contributed by atoms with Crippen LogP contribution in [0.1, 0.15) is 48.0 Å². The zero-order chi connectivity index (χ0) is 21.2. The molecule has 0 aliphatic heterocycles. The molecule has 0 saturated heterocycles. The number of hydrogen-bond donors (Lipinski definition) is 1. The molecule has 0 unspecified atom stereocenters. The van der Waals surface area contributed by atoms with Gasteiger partial charge in [-0.25, -0.2) is 0 Å². The van der Waals surface area contributed by atoms with Crippen molar-refractivity contribution in [2.75, 3.05) is 7.11 Å². The molecule has 0 spiro atoms. The molecule has 3 heteroatoms. The fourth-order valence-corrected chi connectivity index (χ4v) is 3.36. The van der Waals surface area contributed by atoms with Crippen LogP contribution in [0, 0.1) is 0 Å². The van der Waals surface area contributed by atoms with Crippen LogP contribution in [0.15, 0.2) is 95.8 Å². The lowest BCUT2D eigenvalue weighted by molar-refractivity contribution is 0.0979. The third kappa shape index (κ3) is 6.35. The highest BCUT2D eigenvalue weighted by atomic mass is 16.5. The highest BCUT2D eigenvalue weighted by Crippen LogP contribution is 2.23. The van der Waals surface area contributed by atoms with Crippen molar-refractivity contribution in [2.24, 2.45) is 0 Å². The van der Waals surface area contributed by atoms with Crippen molar-refractivity contribution in [3.63, 3.8) is 0 Å². The Balaban J connectivity index is 1.40. The predicted molar refractivity (Wildman–Crippen MR) is 123 cm³/mol. The number of methoxy groups -OCH3 is 1. The molecule has 2 aromatic rings. The van der Waals surface area contributed by atoms with Crippen LogP contribution in [-0.2, 0) is 0 Å². The molecule has 0 aromatic heterocycles. The van der Waals surface area contributed by atoms with Crippen molar-refractivity contribution in [1.29, 1.82) is 0 Å². The number of hydrogen-bond acceptors (Lipinski definition) is 3. The first kappa shape index (κ1) is 21.4. The molecule has 3 rings (SSSR count). The first-order chi connectivity index (χ1) is 14.7. The molecule has 0 radical (unpaired) electrons. The van der Waals surface area contributed by atoms with Gasteiger partial charge in [0.2, 0.25) is 0 Å². The molecular formula is C27H28O3. The number of aliphatic hydroxyl groups excluding tert-OH is 1. The Morgan fingerprint density at radius 1 is 0.967 bits per heavy atom. The first-order valence-electron chi connectivity index (χ1n) is 10.4. The average Bonchev–Trinajstić information content (AvgIpc) is 3.27. The van der Waals surface area contributed by atoms with Gasteiger partial charge in [0, 0.05) is 17.6 Å². The fourth-order valence-electron chi connectivity index (χ4n) is 3.36. The monoisotopic (exact) mass is 400 g/mol. The van der Waals surface area contributed by atoms with Gasteiger partial charge in [-0.15, -0.1) is 0 Å². The normalized spacial score (nSPS) is 14.8. The smallest absolute Gasteiger partial charge is 0.162 e. The maximum Gasteiger partial charge on any atom is 0.162 e. The van der Waals surface area contributed by atoms with Gasteiger partial charge in [0.1, 0.15) is 11.5 Å². The van der Waals surface area contributed by atoms with Crippen molar-refractivity contribution in [3.8, 4) is 5.75 Å². The molecule has 0 bridgehead atoms. The summed E-state index contributed by atoms with van der Waals surface area (Å²) in [5.74, 6) is 1.22. The van der Waals surface area contributed by atoms with Gasteiger partial charge in [-0.2, -0.15) is 0 Å². The van der Waals surface area contributed by atoms with Crippen LogP contribution >= 0.6 is 0 Å². The van der Waals surface area contributed by atoms with E-state index in [1.165, 1.54) is 5.57 Å². The molecule has 0 saturated carbocycles. The average molecular weight is 401 g/mol. The number of ketones is 1. The van der Waals surface area contributed by atoms with Gasteiger partial charge in [-0.3, -0.25) is 4.79 Å². The van der Waals surface area contributed by atoms with Gasteiger partial charge in [-0.05, 0) is 66.8 Å². The highest BCUT2D eigenvalue weighted by molar-refractivity contribution is 5.96. The summed E-state index contributed by atoms with van der Waals surface area (Å²) in [5.41, 5.74) is 3.85. The number of allylic oxidation sites excluding steroid dienone is 6. The number of carbonyl (C=O) groups excluding carboxylic acids is 1. The Bertz CT molecular complexity index is 961. The maximum atomic E-state index is 12.2. The second kappa shape index (κ2) is 11.0. The molecule has 0 atom stereocenters. The number of aliphatic hydroxyl groups is 1. The van der Waals surface area contributed by atoms with Crippen molar-refractivity contribution in [3.05, 3.63) is 107 Å². The van der Waals surface area contributed by atoms with Crippen molar-refractivity contribution in [2.45, 2.75) is 32.1 Å². The largest absolute Gasteiger partial charge is 0.507 e. The number of ether oxygens (including phenoxy) is 1. The molecule has 1 aliphatic rings. The summed E-state index contributed by atoms with van der Waals surface area (Å²) in [6.45, 7) is 0. The minimum atomic E-state index is 0.179. The Morgan fingerprint density at radius 3 is 2.47 bits per heavy atom. The zero-order valence-electron chi connectivity index (χ0n) is 17.4. The van der Waals surface area contributed by atoms with Gasteiger partial charge >= 0.3 is 0 Å². The van der Waals surface area contributed by atoms with E-state index in [1.807, 2.05) is 72.8 Å². The number of carbonyl (C=O) groups is 1. The molecule has 154 valence electrons. The predicted octanol–water partition coefficient (Wildman–Crippen LogP) is 6.85. The van der Waals surface area contributed by atoms with Crippen molar-refractivity contribution in [1.82, 2.24) is 0 Å². The van der Waals surface area contributed by atoms with E-state index < -0.39 is 0 Å². The number of Topliss-reactive ketones (excluding diaryl/α,β-unsaturated/α-hetero) is 1. The van der Waals surface area contributed by atoms with E-state index in [-0.39, 0.29) is 11.5 Å². The lowest BCUT2D eigenvalue weighted by Crippen LogP contribution is -1.98. The highest BCUT2D eigenvalue weighted by Gasteiger charge is 2.08. The van der Waals surface area contributed by atoms with Crippen LogP contribution in [0.4, 0.5) is 0 Å². The Labute approximate surface area is 178 Å². The SMILES string of the molecule is COc1ccc(C(=O)CCCCCC2=CC(=C(O)C=Cc3ccccc3)C=C2)cc1. The molecule has 0 heterocycles. The molecule has 1 aliphatic carbocycles. The Kier molecular flexibility index (Phi) is 7.85. The number of rotatable bonds is 10. The third-order valence-corrected chi connectivity index (χ3v) is 5.13. The second-order valence-corrected chi connectivity index (χ2v) is 7.35. The van der Waals surface area contributed by atoms with Crippen LogP contribution in [-0.4, -0.2) is 18.0 Å². The lowest BCUT2D eigenvalue weighted by atomic mass is 10.0. The molecule has 30 heavy (non-hydrogen) atoms. The molecule has 1 N–H and O–H groups in total. The summed E-state index contributed by atoms with van der Waals surface area (Å²) >= 11 is 0. The summed E-state index contributed by atoms with van der Waals surface area (Å²) in [7, 11) is 1.62. The van der Waals surface area contributed by atoms with Gasteiger partial charge in [0.15, 0.2) is 5.78 Å². The Morgan fingerprint density at radius 2 is 1.73 bits per heavy atom. The van der Waals surface area contributed by atoms with Crippen LogP contribution in [0.25, 0.3) is 6.08 Å². The lowest BCUT2D eigenvalue weighted by Gasteiger charge is -2.04. The van der Waals surface area contributed by atoms with E-state index in [2.05, 4.69) is 6.08 Å². The van der Waals surface area contributed by atoms with Crippen LogP contribution in [0.5, 0.6) is 5.75 Å². The molecule has 2 aromatic carbocycles. The summed E-state index contributed by atoms with van der Waals surface area (Å²) in [5, 5.41) is 10.3. The van der Waals surface area contributed by atoms with Gasteiger partial charge in [-0.1, -0.05) is 55.0 Å².